The van der Waals surface area contributed by atoms with Gasteiger partial charge in [-0.1, -0.05) is 67.2 Å². The number of carbonyl (C=O) groups is 2. The summed E-state index contributed by atoms with van der Waals surface area (Å²) in [6.45, 7) is 8.07. The number of hydrogen-bond acceptors (Lipinski definition) is 5. The molecule has 43 heavy (non-hydrogen) atoms. The minimum atomic E-state index is -0.733. The molecule has 0 saturated carbocycles. The van der Waals surface area contributed by atoms with Gasteiger partial charge in [-0.2, -0.15) is 0 Å². The normalized spacial score (nSPS) is 20.2. The van der Waals surface area contributed by atoms with Gasteiger partial charge in [0.25, 0.3) is 5.91 Å². The van der Waals surface area contributed by atoms with Crippen molar-refractivity contribution in [3.63, 3.8) is 0 Å². The lowest BCUT2D eigenvalue weighted by Gasteiger charge is -2.36. The van der Waals surface area contributed by atoms with Gasteiger partial charge in [0.15, 0.2) is 0 Å². The molecule has 1 spiro atoms. The third-order valence-electron chi connectivity index (χ3n) is 9.29. The Kier molecular flexibility index (Phi) is 7.19. The number of carbonyl (C=O) groups excluding carboxylic acids is 2. The predicted molar refractivity (Wildman–Crippen MR) is 168 cm³/mol. The topological polar surface area (TPSA) is 69.4 Å². The van der Waals surface area contributed by atoms with Gasteiger partial charge in [0.1, 0.15) is 17.0 Å². The van der Waals surface area contributed by atoms with Crippen LogP contribution in [0.4, 0.5) is 0 Å². The van der Waals surface area contributed by atoms with Gasteiger partial charge in [0, 0.05) is 50.2 Å². The molecule has 0 aliphatic carbocycles. The van der Waals surface area contributed by atoms with E-state index in [0.29, 0.717) is 32.5 Å². The fraction of sp³-hybridized carbons (Fsp3) is 0.306. The van der Waals surface area contributed by atoms with E-state index in [0.717, 1.165) is 59.6 Å². The molecule has 7 nitrogen and oxygen atoms in total. The van der Waals surface area contributed by atoms with Crippen LogP contribution in [-0.2, 0) is 16.1 Å². The fourth-order valence-electron chi connectivity index (χ4n) is 6.82. The Morgan fingerprint density at radius 3 is 2.47 bits per heavy atom. The number of piperidine rings is 1. The second kappa shape index (κ2) is 11.3. The van der Waals surface area contributed by atoms with Crippen LogP contribution in [0, 0.1) is 5.92 Å². The largest absolute Gasteiger partial charge is 0.464 e. The van der Waals surface area contributed by atoms with E-state index in [4.69, 9.17) is 9.41 Å². The van der Waals surface area contributed by atoms with Gasteiger partial charge < -0.3 is 9.32 Å². The number of benzene rings is 3. The van der Waals surface area contributed by atoms with Gasteiger partial charge in [-0.25, -0.2) is 0 Å². The van der Waals surface area contributed by atoms with Gasteiger partial charge in [-0.3, -0.25) is 24.4 Å². The minimum Gasteiger partial charge on any atom is -0.464 e. The molecule has 2 fully saturated rings. The molecule has 3 aliphatic heterocycles. The first-order valence-electron chi connectivity index (χ1n) is 15.2. The molecule has 3 aliphatic rings. The van der Waals surface area contributed by atoms with E-state index in [9.17, 15) is 9.59 Å². The highest BCUT2D eigenvalue weighted by atomic mass is 16.3. The highest BCUT2D eigenvalue weighted by molar-refractivity contribution is 6.15. The first-order valence-corrected chi connectivity index (χ1v) is 15.2. The van der Waals surface area contributed by atoms with Gasteiger partial charge in [-0.15, -0.1) is 0 Å². The molecular weight excluding hydrogens is 536 g/mol. The van der Waals surface area contributed by atoms with Gasteiger partial charge in [0.2, 0.25) is 5.91 Å². The number of rotatable bonds is 7. The lowest BCUT2D eigenvalue weighted by atomic mass is 9.87. The molecule has 4 aromatic rings. The van der Waals surface area contributed by atoms with Crippen LogP contribution in [0.3, 0.4) is 0 Å². The Balaban J connectivity index is 1.14. The molecule has 4 heterocycles. The second-order valence-electron chi connectivity index (χ2n) is 12.0. The number of amides is 2. The molecule has 0 N–H and O–H groups in total. The van der Waals surface area contributed by atoms with Crippen molar-refractivity contribution in [3.8, 4) is 11.1 Å². The lowest BCUT2D eigenvalue weighted by Crippen LogP contribution is -2.50. The van der Waals surface area contributed by atoms with Crippen molar-refractivity contribution in [3.05, 3.63) is 109 Å². The summed E-state index contributed by atoms with van der Waals surface area (Å²) in [5.74, 6) is 1.01. The maximum atomic E-state index is 14.3. The first-order chi connectivity index (χ1) is 21.0. The summed E-state index contributed by atoms with van der Waals surface area (Å²) in [7, 11) is 0. The number of likely N-dealkylation sites (tertiary alicyclic amines) is 2. The van der Waals surface area contributed by atoms with Gasteiger partial charge >= 0.3 is 0 Å². The molecular formula is C36H36N4O3. The number of hydrogen-bond donors (Lipinski definition) is 0. The molecule has 0 bridgehead atoms. The number of aliphatic imine (C=N–C) groups is 1. The number of amidine groups is 1. The van der Waals surface area contributed by atoms with E-state index < -0.39 is 5.54 Å². The van der Waals surface area contributed by atoms with Crippen LogP contribution >= 0.6 is 0 Å². The van der Waals surface area contributed by atoms with Crippen molar-refractivity contribution in [2.24, 2.45) is 10.9 Å². The van der Waals surface area contributed by atoms with Crippen molar-refractivity contribution < 1.29 is 14.0 Å². The van der Waals surface area contributed by atoms with Crippen LogP contribution < -0.4 is 0 Å². The summed E-state index contributed by atoms with van der Waals surface area (Å²) < 4.78 is 5.51. The molecule has 0 unspecified atom stereocenters. The summed E-state index contributed by atoms with van der Waals surface area (Å²) in [6, 6.07) is 27.0. The van der Waals surface area contributed by atoms with Crippen LogP contribution in [0.2, 0.25) is 0 Å². The highest BCUT2D eigenvalue weighted by Crippen LogP contribution is 2.37. The summed E-state index contributed by atoms with van der Waals surface area (Å²) >= 11 is 0. The molecule has 1 aromatic heterocycles. The van der Waals surface area contributed by atoms with Crippen LogP contribution in [0.25, 0.3) is 22.1 Å². The van der Waals surface area contributed by atoms with Crippen LogP contribution in [-0.4, -0.2) is 70.6 Å². The number of furan rings is 1. The summed E-state index contributed by atoms with van der Waals surface area (Å²) in [4.78, 5) is 38.0. The molecule has 218 valence electrons. The van der Waals surface area contributed by atoms with Crippen molar-refractivity contribution >= 4 is 28.6 Å². The predicted octanol–water partition coefficient (Wildman–Crippen LogP) is 5.76. The van der Waals surface area contributed by atoms with Crippen molar-refractivity contribution in [2.75, 3.05) is 32.7 Å². The van der Waals surface area contributed by atoms with E-state index in [1.54, 1.807) is 6.26 Å². The van der Waals surface area contributed by atoms with E-state index in [1.165, 1.54) is 11.6 Å². The summed E-state index contributed by atoms with van der Waals surface area (Å²) in [5, 5.41) is 1.07. The number of fused-ring (bicyclic) bond motifs is 1. The monoisotopic (exact) mass is 572 g/mol. The molecule has 7 heteroatoms. The van der Waals surface area contributed by atoms with E-state index in [1.807, 2.05) is 28.0 Å². The molecule has 7 rings (SSSR count). The Labute approximate surface area is 252 Å². The molecule has 2 saturated heterocycles. The molecule has 0 radical (unpaired) electrons. The highest BCUT2D eigenvalue weighted by Gasteiger charge is 2.50. The Bertz CT molecular complexity index is 1680. The molecule has 3 aromatic carbocycles. The van der Waals surface area contributed by atoms with Gasteiger partial charge in [0.05, 0.1) is 6.26 Å². The van der Waals surface area contributed by atoms with Crippen LogP contribution in [0.1, 0.15) is 30.4 Å². The first kappa shape index (κ1) is 27.3. The zero-order chi connectivity index (χ0) is 29.4. The summed E-state index contributed by atoms with van der Waals surface area (Å²) in [5.41, 5.74) is 4.58. The van der Waals surface area contributed by atoms with Crippen molar-refractivity contribution in [2.45, 2.75) is 31.3 Å². The molecule has 1 atom stereocenters. The van der Waals surface area contributed by atoms with Crippen LogP contribution in [0.5, 0.6) is 0 Å². The van der Waals surface area contributed by atoms with E-state index in [2.05, 4.69) is 72.1 Å². The fourth-order valence-corrected chi connectivity index (χ4v) is 6.82. The van der Waals surface area contributed by atoms with E-state index in [-0.39, 0.29) is 17.7 Å². The Morgan fingerprint density at radius 1 is 0.953 bits per heavy atom. The second-order valence-corrected chi connectivity index (χ2v) is 12.0. The quantitative estimate of drug-likeness (QED) is 0.264. The SMILES string of the molecule is C=CC(=O)N1CC[C@@H](CN2C(=O)C3(CCN(Cc4ccccc4)CC3)N=C2c2ccc(-c3ccc4occc4c3)cc2)C1. The summed E-state index contributed by atoms with van der Waals surface area (Å²) in [6.07, 6.45) is 5.35. The average molecular weight is 573 g/mol. The molecule has 2 amide bonds. The smallest absolute Gasteiger partial charge is 0.256 e. The number of nitrogens with zero attached hydrogens (tertiary/aromatic N) is 4. The van der Waals surface area contributed by atoms with Crippen LogP contribution in [0.15, 0.2) is 107 Å². The standard InChI is InChI=1S/C36H36N4O3/c1-2-33(41)39-18-14-27(24-39)25-40-34(29-10-8-28(9-11-29)30-12-13-32-31(22-30)15-21-43-32)37-36(35(40)42)16-19-38(20-17-36)23-26-6-4-3-5-7-26/h2-13,15,21-22,27H,1,14,16-20,23-25H2/t27-/m1/s1. The zero-order valence-corrected chi connectivity index (χ0v) is 24.3. The van der Waals surface area contributed by atoms with Crippen molar-refractivity contribution in [1.82, 2.24) is 14.7 Å². The Hall–Kier alpha value is -4.49. The van der Waals surface area contributed by atoms with E-state index >= 15 is 0 Å². The third-order valence-corrected chi connectivity index (χ3v) is 9.29. The maximum Gasteiger partial charge on any atom is 0.256 e. The maximum absolute atomic E-state index is 14.3. The zero-order valence-electron chi connectivity index (χ0n) is 24.3. The van der Waals surface area contributed by atoms with Crippen molar-refractivity contribution in [1.29, 1.82) is 0 Å². The lowest BCUT2D eigenvalue weighted by molar-refractivity contribution is -0.133. The Morgan fingerprint density at radius 2 is 1.70 bits per heavy atom. The average Bonchev–Trinajstić information content (AvgIpc) is 3.78. The third kappa shape index (κ3) is 5.30. The van der Waals surface area contributed by atoms with Gasteiger partial charge in [-0.05, 0) is 66.1 Å². The minimum absolute atomic E-state index is 0.0457.